The van der Waals surface area contributed by atoms with E-state index in [4.69, 9.17) is 0 Å². The minimum absolute atomic E-state index is 0.183. The summed E-state index contributed by atoms with van der Waals surface area (Å²) in [6, 6.07) is 10.3. The molecule has 1 fully saturated rings. The molecule has 3 nitrogen and oxygen atoms in total. The van der Waals surface area contributed by atoms with Crippen LogP contribution in [0.4, 0.5) is 0 Å². The van der Waals surface area contributed by atoms with Crippen molar-refractivity contribution < 1.29 is 9.90 Å². The summed E-state index contributed by atoms with van der Waals surface area (Å²) in [6.45, 7) is 0. The number of carbonyl (C=O) groups is 1. The quantitative estimate of drug-likeness (QED) is 0.829. The third-order valence-corrected chi connectivity index (χ3v) is 5.39. The Kier molecular flexibility index (Phi) is 4.01. The van der Waals surface area contributed by atoms with Crippen molar-refractivity contribution in [2.45, 2.75) is 42.4 Å². The molecular formula is C16H19NO2S. The summed E-state index contributed by atoms with van der Waals surface area (Å²) in [4.78, 5) is 14.8. The van der Waals surface area contributed by atoms with Gasteiger partial charge in [-0.1, -0.05) is 37.5 Å². The third-order valence-electron chi connectivity index (χ3n) is 4.05. The number of carboxylic acid groups (broad SMARTS) is 1. The van der Waals surface area contributed by atoms with E-state index in [0.717, 1.165) is 42.6 Å². The fraction of sp³-hybridized carbons (Fsp3) is 0.438. The summed E-state index contributed by atoms with van der Waals surface area (Å²) in [5.41, 5.74) is 1.12. The van der Waals surface area contributed by atoms with Gasteiger partial charge in [-0.3, -0.25) is 4.79 Å². The number of hydrogen-bond acceptors (Lipinski definition) is 2. The maximum Gasteiger partial charge on any atom is 0.307 e. The highest BCUT2D eigenvalue weighted by atomic mass is 32.2. The Balaban J connectivity index is 1.81. The highest BCUT2D eigenvalue weighted by Gasteiger charge is 2.30. The molecule has 0 amide bonds. The zero-order valence-electron chi connectivity index (χ0n) is 11.3. The number of para-hydroxylation sites is 1. The van der Waals surface area contributed by atoms with E-state index in [1.165, 1.54) is 5.39 Å². The lowest BCUT2D eigenvalue weighted by atomic mass is 10.0. The van der Waals surface area contributed by atoms with Crippen LogP contribution in [-0.4, -0.2) is 21.3 Å². The Bertz CT molecular complexity index is 574. The first kappa shape index (κ1) is 13.6. The molecule has 2 unspecified atom stereocenters. The fourth-order valence-corrected chi connectivity index (χ4v) is 4.36. The molecule has 20 heavy (non-hydrogen) atoms. The molecule has 0 radical (unpaired) electrons. The van der Waals surface area contributed by atoms with Crippen molar-refractivity contribution >= 4 is 28.6 Å². The first-order chi connectivity index (χ1) is 9.74. The number of H-pyrrole nitrogens is 1. The highest BCUT2D eigenvalue weighted by molar-refractivity contribution is 7.99. The van der Waals surface area contributed by atoms with Gasteiger partial charge >= 0.3 is 5.97 Å². The largest absolute Gasteiger partial charge is 0.481 e. The Labute approximate surface area is 122 Å². The van der Waals surface area contributed by atoms with Crippen LogP contribution < -0.4 is 0 Å². The molecule has 1 heterocycles. The van der Waals surface area contributed by atoms with E-state index in [1.807, 2.05) is 12.1 Å². The van der Waals surface area contributed by atoms with Gasteiger partial charge in [0.2, 0.25) is 0 Å². The molecule has 1 aliphatic carbocycles. The molecule has 1 saturated carbocycles. The molecule has 0 spiro atoms. The summed E-state index contributed by atoms with van der Waals surface area (Å²) in [6.07, 6.45) is 5.15. The van der Waals surface area contributed by atoms with E-state index in [0.29, 0.717) is 0 Å². The number of aromatic nitrogens is 1. The van der Waals surface area contributed by atoms with Gasteiger partial charge in [0, 0.05) is 16.2 Å². The van der Waals surface area contributed by atoms with Crippen molar-refractivity contribution in [3.63, 3.8) is 0 Å². The smallest absolute Gasteiger partial charge is 0.307 e. The number of carboxylic acids is 1. The Morgan fingerprint density at radius 3 is 2.80 bits per heavy atom. The van der Waals surface area contributed by atoms with Crippen LogP contribution in [0.25, 0.3) is 10.9 Å². The number of thioether (sulfide) groups is 1. The molecular weight excluding hydrogens is 270 g/mol. The second kappa shape index (κ2) is 5.92. The molecule has 3 rings (SSSR count). The van der Waals surface area contributed by atoms with Crippen molar-refractivity contribution in [2.75, 3.05) is 0 Å². The minimum Gasteiger partial charge on any atom is -0.481 e. The van der Waals surface area contributed by atoms with E-state index < -0.39 is 5.97 Å². The summed E-state index contributed by atoms with van der Waals surface area (Å²) in [5.74, 6) is -0.852. The summed E-state index contributed by atoms with van der Waals surface area (Å²) in [5, 5.41) is 11.9. The summed E-state index contributed by atoms with van der Waals surface area (Å²) >= 11 is 1.70. The van der Waals surface area contributed by atoms with Crippen molar-refractivity contribution in [3.8, 4) is 0 Å². The zero-order chi connectivity index (χ0) is 13.9. The fourth-order valence-electron chi connectivity index (χ4n) is 2.97. The van der Waals surface area contributed by atoms with Crippen LogP contribution in [0.5, 0.6) is 0 Å². The Morgan fingerprint density at radius 2 is 2.00 bits per heavy atom. The van der Waals surface area contributed by atoms with Crippen LogP contribution in [0, 0.1) is 5.92 Å². The first-order valence-electron chi connectivity index (χ1n) is 7.21. The molecule has 1 aromatic heterocycles. The van der Waals surface area contributed by atoms with Crippen LogP contribution in [-0.2, 0) is 4.79 Å². The van der Waals surface area contributed by atoms with Crippen molar-refractivity contribution in [1.29, 1.82) is 0 Å². The highest BCUT2D eigenvalue weighted by Crippen LogP contribution is 2.37. The molecule has 0 bridgehead atoms. The molecule has 2 N–H and O–H groups in total. The van der Waals surface area contributed by atoms with Crippen molar-refractivity contribution in [3.05, 3.63) is 30.3 Å². The molecule has 2 atom stereocenters. The molecule has 4 heteroatoms. The van der Waals surface area contributed by atoms with Gasteiger partial charge in [-0.2, -0.15) is 0 Å². The van der Waals surface area contributed by atoms with Gasteiger partial charge in [-0.15, -0.1) is 11.8 Å². The predicted molar refractivity (Wildman–Crippen MR) is 82.2 cm³/mol. The normalized spacial score (nSPS) is 23.6. The molecule has 2 aromatic rings. The Morgan fingerprint density at radius 1 is 1.20 bits per heavy atom. The van der Waals surface area contributed by atoms with Crippen molar-refractivity contribution in [1.82, 2.24) is 4.98 Å². The lowest BCUT2D eigenvalue weighted by Crippen LogP contribution is -2.24. The van der Waals surface area contributed by atoms with E-state index in [1.54, 1.807) is 11.8 Å². The van der Waals surface area contributed by atoms with Crippen LogP contribution in [0.2, 0.25) is 0 Å². The lowest BCUT2D eigenvalue weighted by molar-refractivity contribution is -0.141. The molecule has 1 aromatic carbocycles. The number of aliphatic carboxylic acids is 1. The van der Waals surface area contributed by atoms with Gasteiger partial charge in [0.25, 0.3) is 0 Å². The maximum absolute atomic E-state index is 11.5. The summed E-state index contributed by atoms with van der Waals surface area (Å²) in [7, 11) is 0. The second-order valence-corrected chi connectivity index (χ2v) is 6.74. The van der Waals surface area contributed by atoms with Crippen LogP contribution >= 0.6 is 11.8 Å². The first-order valence-corrected chi connectivity index (χ1v) is 8.09. The van der Waals surface area contributed by atoms with E-state index in [9.17, 15) is 9.90 Å². The van der Waals surface area contributed by atoms with Gasteiger partial charge in [-0.05, 0) is 25.0 Å². The van der Waals surface area contributed by atoms with Gasteiger partial charge in [0.15, 0.2) is 0 Å². The number of rotatable bonds is 3. The number of aromatic amines is 1. The predicted octanol–water partition coefficient (Wildman–Crippen LogP) is 4.29. The topological polar surface area (TPSA) is 53.1 Å². The van der Waals surface area contributed by atoms with Gasteiger partial charge < -0.3 is 10.1 Å². The third kappa shape index (κ3) is 2.85. The number of nitrogens with one attached hydrogen (secondary N) is 1. The number of fused-ring (bicyclic) bond motifs is 1. The van der Waals surface area contributed by atoms with Crippen LogP contribution in [0.3, 0.4) is 0 Å². The number of benzene rings is 1. The molecule has 0 aliphatic heterocycles. The van der Waals surface area contributed by atoms with E-state index in [-0.39, 0.29) is 11.2 Å². The Hall–Kier alpha value is -1.42. The van der Waals surface area contributed by atoms with Crippen LogP contribution in [0.15, 0.2) is 35.4 Å². The molecule has 0 saturated heterocycles. The zero-order valence-corrected chi connectivity index (χ0v) is 12.2. The standard InChI is InChI=1S/C16H19NO2S/c18-16(19)12-7-2-1-3-9-14(12)20-15-10-11-6-4-5-8-13(11)17-15/h4-6,8,10,12,14,17H,1-3,7,9H2,(H,18,19). The minimum atomic E-state index is -0.638. The average Bonchev–Trinajstić information content (AvgIpc) is 2.68. The van der Waals surface area contributed by atoms with Gasteiger partial charge in [-0.25, -0.2) is 0 Å². The van der Waals surface area contributed by atoms with Gasteiger partial charge in [0.1, 0.15) is 0 Å². The van der Waals surface area contributed by atoms with E-state index >= 15 is 0 Å². The maximum atomic E-state index is 11.5. The molecule has 1 aliphatic rings. The average molecular weight is 289 g/mol. The second-order valence-electron chi connectivity index (χ2n) is 5.46. The monoisotopic (exact) mass is 289 g/mol. The SMILES string of the molecule is O=C(O)C1CCCCCC1Sc1cc2ccccc2[nH]1. The van der Waals surface area contributed by atoms with Crippen LogP contribution in [0.1, 0.15) is 32.1 Å². The van der Waals surface area contributed by atoms with E-state index in [2.05, 4.69) is 23.2 Å². The summed E-state index contributed by atoms with van der Waals surface area (Å²) < 4.78 is 0. The van der Waals surface area contributed by atoms with Gasteiger partial charge in [0.05, 0.1) is 10.9 Å². The lowest BCUT2D eigenvalue weighted by Gasteiger charge is -2.20. The molecule has 106 valence electrons. The number of hydrogen-bond donors (Lipinski definition) is 2. The van der Waals surface area contributed by atoms with Crippen molar-refractivity contribution in [2.24, 2.45) is 5.92 Å².